The van der Waals surface area contributed by atoms with E-state index in [0.29, 0.717) is 5.92 Å². The van der Waals surface area contributed by atoms with Gasteiger partial charge in [0.05, 0.1) is 11.4 Å². The molecule has 0 aliphatic carbocycles. The molecule has 10 rings (SSSR count). The Balaban J connectivity index is 1.26. The standard InChI is InChI=1S/C57H46N2/c1-38(2)50-37-51-55(59(53-28-14-12-18-40(53)4)47-26-16-24-45(36-47)42-21-9-6-10-22-42)33-30-43-29-31-49-54(34-32-48(50)57(49)56(43)51)58(52-27-13-11-17-39(52)3)46-25-15-23-44(35-46)41-19-7-5-8-20-41/h5-38H,1-4H3. The van der Waals surface area contributed by atoms with Crippen molar-refractivity contribution in [3.63, 3.8) is 0 Å². The van der Waals surface area contributed by atoms with E-state index in [2.05, 4.69) is 238 Å². The molecule has 0 aliphatic heterocycles. The van der Waals surface area contributed by atoms with E-state index >= 15 is 0 Å². The van der Waals surface area contributed by atoms with Gasteiger partial charge in [-0.25, -0.2) is 0 Å². The summed E-state index contributed by atoms with van der Waals surface area (Å²) >= 11 is 0. The fraction of sp³-hybridized carbons (Fsp3) is 0.0877. The van der Waals surface area contributed by atoms with Crippen LogP contribution in [0.15, 0.2) is 200 Å². The van der Waals surface area contributed by atoms with Crippen molar-refractivity contribution >= 4 is 66.4 Å². The van der Waals surface area contributed by atoms with Gasteiger partial charge in [0.25, 0.3) is 0 Å². The number of para-hydroxylation sites is 2. The maximum Gasteiger partial charge on any atom is 0.0540 e. The fourth-order valence-corrected chi connectivity index (χ4v) is 9.11. The maximum absolute atomic E-state index is 2.48. The first-order valence-corrected chi connectivity index (χ1v) is 20.7. The number of hydrogen-bond acceptors (Lipinski definition) is 2. The molecule has 0 spiro atoms. The molecule has 0 N–H and O–H groups in total. The molecular formula is C57H46N2. The van der Waals surface area contributed by atoms with Gasteiger partial charge < -0.3 is 9.80 Å². The van der Waals surface area contributed by atoms with Crippen LogP contribution in [-0.2, 0) is 0 Å². The zero-order chi connectivity index (χ0) is 40.0. The maximum atomic E-state index is 2.48. The zero-order valence-corrected chi connectivity index (χ0v) is 34.0. The van der Waals surface area contributed by atoms with Crippen molar-refractivity contribution in [1.29, 1.82) is 0 Å². The minimum Gasteiger partial charge on any atom is -0.310 e. The highest BCUT2D eigenvalue weighted by Crippen LogP contribution is 2.50. The average molecular weight is 759 g/mol. The van der Waals surface area contributed by atoms with Crippen LogP contribution in [0.2, 0.25) is 0 Å². The van der Waals surface area contributed by atoms with Gasteiger partial charge in [0, 0.05) is 33.5 Å². The van der Waals surface area contributed by atoms with Gasteiger partial charge in [0.2, 0.25) is 0 Å². The number of aryl methyl sites for hydroxylation is 2. The lowest BCUT2D eigenvalue weighted by Gasteiger charge is -2.31. The first-order valence-electron chi connectivity index (χ1n) is 20.7. The summed E-state index contributed by atoms with van der Waals surface area (Å²) < 4.78 is 0. The van der Waals surface area contributed by atoms with E-state index in [4.69, 9.17) is 0 Å². The fourth-order valence-electron chi connectivity index (χ4n) is 9.11. The molecule has 0 aromatic heterocycles. The molecule has 0 amide bonds. The minimum absolute atomic E-state index is 0.309. The Bertz CT molecular complexity index is 3110. The van der Waals surface area contributed by atoms with E-state index < -0.39 is 0 Å². The highest BCUT2D eigenvalue weighted by Gasteiger charge is 2.25. The van der Waals surface area contributed by atoms with Gasteiger partial charge in [-0.1, -0.05) is 159 Å². The summed E-state index contributed by atoms with van der Waals surface area (Å²) in [5, 5.41) is 7.64. The molecule has 284 valence electrons. The molecule has 10 aromatic carbocycles. The summed E-state index contributed by atoms with van der Waals surface area (Å²) in [5.41, 5.74) is 15.5. The van der Waals surface area contributed by atoms with Crippen molar-refractivity contribution in [2.75, 3.05) is 9.80 Å². The molecule has 0 saturated carbocycles. The summed E-state index contributed by atoms with van der Waals surface area (Å²) in [7, 11) is 0. The van der Waals surface area contributed by atoms with Crippen molar-refractivity contribution < 1.29 is 0 Å². The molecule has 0 heterocycles. The van der Waals surface area contributed by atoms with E-state index in [0.717, 1.165) is 17.1 Å². The largest absolute Gasteiger partial charge is 0.310 e. The predicted molar refractivity (Wildman–Crippen MR) is 254 cm³/mol. The highest BCUT2D eigenvalue weighted by atomic mass is 15.2. The Morgan fingerprint density at radius 1 is 0.339 bits per heavy atom. The van der Waals surface area contributed by atoms with Crippen molar-refractivity contribution in [3.05, 3.63) is 217 Å². The molecule has 2 heteroatoms. The third-order valence-corrected chi connectivity index (χ3v) is 12.0. The van der Waals surface area contributed by atoms with Crippen LogP contribution in [-0.4, -0.2) is 0 Å². The molecule has 0 unspecified atom stereocenters. The van der Waals surface area contributed by atoms with Crippen molar-refractivity contribution in [1.82, 2.24) is 0 Å². The van der Waals surface area contributed by atoms with Gasteiger partial charge in [-0.2, -0.15) is 0 Å². The summed E-state index contributed by atoms with van der Waals surface area (Å²) in [6, 6.07) is 73.5. The Kier molecular flexibility index (Phi) is 9.19. The number of rotatable bonds is 9. The summed E-state index contributed by atoms with van der Waals surface area (Å²) in [4.78, 5) is 4.95. The van der Waals surface area contributed by atoms with Gasteiger partial charge in [0.15, 0.2) is 0 Å². The second-order valence-corrected chi connectivity index (χ2v) is 16.0. The smallest absolute Gasteiger partial charge is 0.0540 e. The van der Waals surface area contributed by atoms with Crippen LogP contribution in [0.3, 0.4) is 0 Å². The Morgan fingerprint density at radius 2 is 0.797 bits per heavy atom. The Morgan fingerprint density at radius 3 is 1.34 bits per heavy atom. The molecule has 0 fully saturated rings. The molecule has 59 heavy (non-hydrogen) atoms. The van der Waals surface area contributed by atoms with Gasteiger partial charge in [0.1, 0.15) is 0 Å². The Hall–Kier alpha value is -7.16. The number of nitrogens with zero attached hydrogens (tertiary/aromatic N) is 2. The summed E-state index contributed by atoms with van der Waals surface area (Å²) in [6.07, 6.45) is 0. The van der Waals surface area contributed by atoms with Crippen LogP contribution in [0.1, 0.15) is 36.5 Å². The number of anilines is 6. The SMILES string of the molecule is Cc1ccccc1N(c1cccc(-c2ccccc2)c1)c1ccc2ccc3c(N(c4cccc(-c5ccccc5)c4)c4ccccc4C)ccc4c(C(C)C)cc1c2c43. The van der Waals surface area contributed by atoms with Gasteiger partial charge in [-0.05, 0) is 135 Å². The zero-order valence-electron chi connectivity index (χ0n) is 34.0. The van der Waals surface area contributed by atoms with Crippen molar-refractivity contribution in [2.45, 2.75) is 33.6 Å². The van der Waals surface area contributed by atoms with Gasteiger partial charge in [-0.3, -0.25) is 0 Å². The monoisotopic (exact) mass is 758 g/mol. The predicted octanol–water partition coefficient (Wildman–Crippen LogP) is 16.6. The lowest BCUT2D eigenvalue weighted by atomic mass is 9.86. The first kappa shape index (κ1) is 36.2. The lowest BCUT2D eigenvalue weighted by Crippen LogP contribution is -2.13. The summed E-state index contributed by atoms with van der Waals surface area (Å²) in [5.74, 6) is 0.309. The molecule has 0 saturated heterocycles. The van der Waals surface area contributed by atoms with E-state index in [9.17, 15) is 0 Å². The number of hydrogen-bond donors (Lipinski definition) is 0. The molecule has 0 bridgehead atoms. The van der Waals surface area contributed by atoms with Crippen LogP contribution < -0.4 is 9.80 Å². The Labute approximate surface area is 347 Å². The second-order valence-electron chi connectivity index (χ2n) is 16.0. The van der Waals surface area contributed by atoms with E-state index in [1.807, 2.05) is 0 Å². The molecular weight excluding hydrogens is 713 g/mol. The first-order chi connectivity index (χ1) is 28.9. The van der Waals surface area contributed by atoms with Crippen LogP contribution in [0.25, 0.3) is 54.6 Å². The lowest BCUT2D eigenvalue weighted by molar-refractivity contribution is 0.878. The van der Waals surface area contributed by atoms with Gasteiger partial charge >= 0.3 is 0 Å². The molecule has 0 aliphatic rings. The van der Waals surface area contributed by atoms with E-state index in [1.54, 1.807) is 0 Å². The molecule has 2 nitrogen and oxygen atoms in total. The third kappa shape index (κ3) is 6.38. The van der Waals surface area contributed by atoms with Crippen LogP contribution >= 0.6 is 0 Å². The normalized spacial score (nSPS) is 11.5. The van der Waals surface area contributed by atoms with E-state index in [1.165, 1.54) is 88.3 Å². The average Bonchev–Trinajstić information content (AvgIpc) is 3.28. The highest BCUT2D eigenvalue weighted by molar-refractivity contribution is 6.29. The van der Waals surface area contributed by atoms with E-state index in [-0.39, 0.29) is 0 Å². The molecule has 0 atom stereocenters. The molecule has 0 radical (unpaired) electrons. The third-order valence-electron chi connectivity index (χ3n) is 12.0. The van der Waals surface area contributed by atoms with Crippen molar-refractivity contribution in [3.8, 4) is 22.3 Å². The topological polar surface area (TPSA) is 6.48 Å². The quantitative estimate of drug-likeness (QED) is 0.135. The molecule has 10 aromatic rings. The summed E-state index contributed by atoms with van der Waals surface area (Å²) in [6.45, 7) is 9.10. The van der Waals surface area contributed by atoms with Crippen LogP contribution in [0, 0.1) is 13.8 Å². The minimum atomic E-state index is 0.309. The van der Waals surface area contributed by atoms with Crippen LogP contribution in [0.4, 0.5) is 34.1 Å². The van der Waals surface area contributed by atoms with Crippen molar-refractivity contribution in [2.24, 2.45) is 0 Å². The number of benzene rings is 10. The van der Waals surface area contributed by atoms with Gasteiger partial charge in [-0.15, -0.1) is 0 Å². The second kappa shape index (κ2) is 15.0. The van der Waals surface area contributed by atoms with Crippen LogP contribution in [0.5, 0.6) is 0 Å².